The second-order valence-corrected chi connectivity index (χ2v) is 6.08. The van der Waals surface area contributed by atoms with E-state index in [2.05, 4.69) is 0 Å². The fraction of sp³-hybridized carbons (Fsp3) is 0.231. The molecule has 2 atom stereocenters. The molecule has 0 amide bonds. The monoisotopic (exact) mass is 295 g/mol. The van der Waals surface area contributed by atoms with Crippen LogP contribution in [0.1, 0.15) is 16.7 Å². The number of benzene rings is 1. The molecule has 19 heavy (non-hydrogen) atoms. The minimum atomic E-state index is -2.98. The zero-order chi connectivity index (χ0) is 13.2. The first kappa shape index (κ1) is 12.9. The summed E-state index contributed by atoms with van der Waals surface area (Å²) in [5.74, 6) is 0. The molecule has 1 aromatic carbocycles. The Bertz CT molecular complexity index is 587. The molecular weight excluding hydrogens is 281 g/mol. The molecule has 6 heteroatoms. The van der Waals surface area contributed by atoms with Gasteiger partial charge in [-0.05, 0) is 30.0 Å². The number of anilines is 1. The summed E-state index contributed by atoms with van der Waals surface area (Å²) in [5.41, 5.74) is 2.01. The SMILES string of the molecule is O=[PH](O)O[C@H]1c2ccsc2CCN1c1ccccc1. The Kier molecular flexibility index (Phi) is 3.71. The lowest BCUT2D eigenvalue weighted by Crippen LogP contribution is -2.35. The molecule has 0 aliphatic carbocycles. The third-order valence-electron chi connectivity index (χ3n) is 3.21. The summed E-state index contributed by atoms with van der Waals surface area (Å²) < 4.78 is 16.4. The first-order valence-electron chi connectivity index (χ1n) is 6.03. The van der Waals surface area contributed by atoms with Crippen LogP contribution in [0.2, 0.25) is 0 Å². The number of hydrogen-bond donors (Lipinski definition) is 1. The van der Waals surface area contributed by atoms with Crippen molar-refractivity contribution in [2.75, 3.05) is 11.4 Å². The predicted molar refractivity (Wildman–Crippen MR) is 76.9 cm³/mol. The summed E-state index contributed by atoms with van der Waals surface area (Å²) in [6.45, 7) is 0.789. The summed E-state index contributed by atoms with van der Waals surface area (Å²) >= 11 is 1.67. The molecule has 1 aromatic heterocycles. The Labute approximate surface area is 116 Å². The van der Waals surface area contributed by atoms with E-state index in [4.69, 9.17) is 9.42 Å². The van der Waals surface area contributed by atoms with Crippen LogP contribution in [0, 0.1) is 0 Å². The van der Waals surface area contributed by atoms with Crippen LogP contribution in [-0.4, -0.2) is 11.4 Å². The van der Waals surface area contributed by atoms with Crippen molar-refractivity contribution < 1.29 is 14.0 Å². The van der Waals surface area contributed by atoms with Gasteiger partial charge in [0, 0.05) is 22.7 Å². The maximum absolute atomic E-state index is 11.1. The summed E-state index contributed by atoms with van der Waals surface area (Å²) in [7, 11) is -2.98. The van der Waals surface area contributed by atoms with E-state index in [1.165, 1.54) is 4.88 Å². The number of nitrogens with zero attached hydrogens (tertiary/aromatic N) is 1. The first-order chi connectivity index (χ1) is 9.25. The molecule has 4 nitrogen and oxygen atoms in total. The molecule has 3 rings (SSSR count). The second-order valence-electron chi connectivity index (χ2n) is 4.31. The summed E-state index contributed by atoms with van der Waals surface area (Å²) in [6, 6.07) is 11.8. The van der Waals surface area contributed by atoms with Crippen molar-refractivity contribution in [3.63, 3.8) is 0 Å². The maximum atomic E-state index is 11.1. The minimum absolute atomic E-state index is 0.464. The fourth-order valence-electron chi connectivity index (χ4n) is 2.39. The molecule has 0 saturated heterocycles. The predicted octanol–water partition coefficient (Wildman–Crippen LogP) is 3.21. The second kappa shape index (κ2) is 5.47. The molecule has 100 valence electrons. The highest BCUT2D eigenvalue weighted by molar-refractivity contribution is 7.32. The van der Waals surface area contributed by atoms with Gasteiger partial charge in [0.1, 0.15) is 0 Å². The number of para-hydroxylation sites is 1. The van der Waals surface area contributed by atoms with Crippen molar-refractivity contribution in [1.82, 2.24) is 0 Å². The van der Waals surface area contributed by atoms with Crippen molar-refractivity contribution in [2.45, 2.75) is 12.6 Å². The zero-order valence-corrected chi connectivity index (χ0v) is 12.0. The number of rotatable bonds is 3. The lowest BCUT2D eigenvalue weighted by atomic mass is 10.1. The molecular formula is C13H14NO3PS. The Hall–Kier alpha value is -1.13. The lowest BCUT2D eigenvalue weighted by molar-refractivity contribution is 0.180. The highest BCUT2D eigenvalue weighted by Gasteiger charge is 2.30. The Morgan fingerprint density at radius 3 is 2.84 bits per heavy atom. The van der Waals surface area contributed by atoms with Gasteiger partial charge in [-0.25, -0.2) is 0 Å². The normalized spacial score (nSPS) is 20.1. The van der Waals surface area contributed by atoms with Gasteiger partial charge in [-0.1, -0.05) is 18.2 Å². The molecule has 1 unspecified atom stereocenters. The van der Waals surface area contributed by atoms with Crippen LogP contribution in [0.15, 0.2) is 41.8 Å². The maximum Gasteiger partial charge on any atom is 0.318 e. The molecule has 0 fully saturated rings. The van der Waals surface area contributed by atoms with Crippen LogP contribution < -0.4 is 4.90 Å². The third-order valence-corrected chi connectivity index (χ3v) is 4.63. The van der Waals surface area contributed by atoms with Gasteiger partial charge < -0.3 is 9.79 Å². The van der Waals surface area contributed by atoms with Gasteiger partial charge in [0.05, 0.1) is 0 Å². The Balaban J connectivity index is 1.98. The quantitative estimate of drug-likeness (QED) is 0.883. The molecule has 0 radical (unpaired) electrons. The van der Waals surface area contributed by atoms with Gasteiger partial charge in [-0.2, -0.15) is 0 Å². The molecule has 1 aliphatic rings. The van der Waals surface area contributed by atoms with E-state index in [0.717, 1.165) is 24.2 Å². The van der Waals surface area contributed by atoms with Gasteiger partial charge in [-0.15, -0.1) is 11.3 Å². The summed E-state index contributed by atoms with van der Waals surface area (Å²) in [4.78, 5) is 12.4. The van der Waals surface area contributed by atoms with Crippen molar-refractivity contribution in [3.8, 4) is 0 Å². The van der Waals surface area contributed by atoms with E-state index in [-0.39, 0.29) is 0 Å². The number of hydrogen-bond acceptors (Lipinski definition) is 4. The lowest BCUT2D eigenvalue weighted by Gasteiger charge is -2.36. The molecule has 0 bridgehead atoms. The summed E-state index contributed by atoms with van der Waals surface area (Å²) in [6.07, 6.45) is 0.475. The van der Waals surface area contributed by atoms with E-state index < -0.39 is 14.5 Å². The molecule has 2 aromatic rings. The molecule has 1 aliphatic heterocycles. The van der Waals surface area contributed by atoms with E-state index in [0.29, 0.717) is 0 Å². The topological polar surface area (TPSA) is 49.8 Å². The van der Waals surface area contributed by atoms with Crippen molar-refractivity contribution >= 4 is 25.3 Å². The van der Waals surface area contributed by atoms with Crippen LogP contribution in [-0.2, 0) is 15.5 Å². The highest BCUT2D eigenvalue weighted by atomic mass is 32.1. The largest absolute Gasteiger partial charge is 0.341 e. The Morgan fingerprint density at radius 1 is 1.32 bits per heavy atom. The smallest absolute Gasteiger partial charge is 0.318 e. The van der Waals surface area contributed by atoms with Gasteiger partial charge in [0.15, 0.2) is 6.23 Å². The van der Waals surface area contributed by atoms with Crippen molar-refractivity contribution in [2.24, 2.45) is 0 Å². The van der Waals surface area contributed by atoms with Gasteiger partial charge in [0.25, 0.3) is 0 Å². The van der Waals surface area contributed by atoms with Crippen LogP contribution in [0.5, 0.6) is 0 Å². The molecule has 1 N–H and O–H groups in total. The zero-order valence-electron chi connectivity index (χ0n) is 10.2. The van der Waals surface area contributed by atoms with E-state index in [1.54, 1.807) is 11.3 Å². The average Bonchev–Trinajstić information content (AvgIpc) is 2.88. The fourth-order valence-corrected chi connectivity index (χ4v) is 3.73. The Morgan fingerprint density at radius 2 is 2.11 bits per heavy atom. The molecule has 2 heterocycles. The first-order valence-corrected chi connectivity index (χ1v) is 8.17. The van der Waals surface area contributed by atoms with E-state index in [9.17, 15) is 4.57 Å². The van der Waals surface area contributed by atoms with Crippen LogP contribution in [0.4, 0.5) is 5.69 Å². The standard InChI is InChI=1S/C13H14NO3PS/c15-18(16)17-13-11-7-9-19-12(11)6-8-14(13)10-4-2-1-3-5-10/h1-5,7,9,13,18H,6,8H2,(H,15,16)/t13-/m0/s1. The van der Waals surface area contributed by atoms with Gasteiger partial charge in [0.2, 0.25) is 0 Å². The molecule has 0 saturated carbocycles. The van der Waals surface area contributed by atoms with Crippen molar-refractivity contribution in [3.05, 3.63) is 52.2 Å². The third kappa shape index (κ3) is 2.60. The van der Waals surface area contributed by atoms with Crippen molar-refractivity contribution in [1.29, 1.82) is 0 Å². The average molecular weight is 295 g/mol. The number of thiophene rings is 1. The highest BCUT2D eigenvalue weighted by Crippen LogP contribution is 2.40. The minimum Gasteiger partial charge on any atom is -0.341 e. The number of fused-ring (bicyclic) bond motifs is 1. The van der Waals surface area contributed by atoms with Crippen LogP contribution >= 0.6 is 19.6 Å². The van der Waals surface area contributed by atoms with E-state index >= 15 is 0 Å². The van der Waals surface area contributed by atoms with Gasteiger partial charge in [-0.3, -0.25) is 9.09 Å². The van der Waals surface area contributed by atoms with E-state index in [1.807, 2.05) is 46.7 Å². The van der Waals surface area contributed by atoms with Crippen LogP contribution in [0.25, 0.3) is 0 Å². The molecule has 0 spiro atoms. The van der Waals surface area contributed by atoms with Gasteiger partial charge >= 0.3 is 8.25 Å². The summed E-state index contributed by atoms with van der Waals surface area (Å²) in [5, 5.41) is 2.00. The van der Waals surface area contributed by atoms with Crippen LogP contribution in [0.3, 0.4) is 0 Å².